The normalized spacial score (nSPS) is 25.4. The molecule has 1 aromatic heterocycles. The lowest BCUT2D eigenvalue weighted by Crippen LogP contribution is -3.12. The van der Waals surface area contributed by atoms with Crippen molar-refractivity contribution in [1.82, 2.24) is 4.98 Å². The third kappa shape index (κ3) is 2.57. The van der Waals surface area contributed by atoms with E-state index in [0.717, 1.165) is 44.0 Å². The zero-order valence-electron chi connectivity index (χ0n) is 14.4. The molecule has 1 fully saturated rings. The Kier molecular flexibility index (Phi) is 3.74. The smallest absolute Gasteiger partial charge is 0.333 e. The van der Waals surface area contributed by atoms with Gasteiger partial charge < -0.3 is 15.4 Å². The van der Waals surface area contributed by atoms with Gasteiger partial charge in [-0.2, -0.15) is 5.26 Å². The van der Waals surface area contributed by atoms with Crippen molar-refractivity contribution < 1.29 is 14.6 Å². The Morgan fingerprint density at radius 2 is 2.04 bits per heavy atom. The first-order chi connectivity index (χ1) is 12.1. The number of quaternary nitrogens is 1. The highest BCUT2D eigenvalue weighted by molar-refractivity contribution is 5.48. The summed E-state index contributed by atoms with van der Waals surface area (Å²) in [7, 11) is 0. The number of benzene rings is 1. The average molecular weight is 337 g/mol. The van der Waals surface area contributed by atoms with Gasteiger partial charge in [-0.05, 0) is 0 Å². The molecule has 1 aromatic carbocycles. The van der Waals surface area contributed by atoms with Crippen LogP contribution in [0.5, 0.6) is 5.88 Å². The highest BCUT2D eigenvalue weighted by Gasteiger charge is 2.52. The minimum Gasteiger partial charge on any atom is -0.403 e. The van der Waals surface area contributed by atoms with Crippen LogP contribution in [0.2, 0.25) is 0 Å². The van der Waals surface area contributed by atoms with Gasteiger partial charge in [0.25, 0.3) is 5.82 Å². The van der Waals surface area contributed by atoms with E-state index in [0.29, 0.717) is 11.5 Å². The van der Waals surface area contributed by atoms with E-state index in [-0.39, 0.29) is 11.3 Å². The second kappa shape index (κ2) is 5.94. The summed E-state index contributed by atoms with van der Waals surface area (Å²) in [5.41, 5.74) is 8.59. The fraction of sp³-hybridized carbons (Fsp3) is 0.368. The molecular weight excluding hydrogens is 314 g/mol. The Balaban J connectivity index is 1.61. The van der Waals surface area contributed by atoms with Crippen molar-refractivity contribution in [2.24, 2.45) is 5.73 Å². The molecular formula is C19H23N5O+2. The summed E-state index contributed by atoms with van der Waals surface area (Å²) in [5.74, 6) is 1.80. The van der Waals surface area contributed by atoms with E-state index < -0.39 is 0 Å². The number of piperidine rings is 1. The maximum Gasteiger partial charge on any atom is 0.333 e. The van der Waals surface area contributed by atoms with E-state index in [1.54, 1.807) is 0 Å². The Morgan fingerprint density at radius 3 is 2.72 bits per heavy atom. The second-order valence-electron chi connectivity index (χ2n) is 7.03. The summed E-state index contributed by atoms with van der Waals surface area (Å²) in [6.07, 6.45) is 1.76. The maximum absolute atomic E-state index is 9.71. The van der Waals surface area contributed by atoms with Crippen LogP contribution in [0.4, 0.5) is 0 Å². The van der Waals surface area contributed by atoms with E-state index in [2.05, 4.69) is 40.3 Å². The zero-order valence-corrected chi connectivity index (χ0v) is 14.4. The molecule has 0 radical (unpaired) electrons. The van der Waals surface area contributed by atoms with Crippen molar-refractivity contribution in [2.75, 3.05) is 13.1 Å². The fourth-order valence-corrected chi connectivity index (χ4v) is 4.20. The number of nitriles is 1. The monoisotopic (exact) mass is 337 g/mol. The number of ether oxygens (including phenoxy) is 1. The number of imidazole rings is 1. The third-order valence-corrected chi connectivity index (χ3v) is 5.48. The first-order valence-corrected chi connectivity index (χ1v) is 8.70. The van der Waals surface area contributed by atoms with Crippen LogP contribution in [0, 0.1) is 18.3 Å². The van der Waals surface area contributed by atoms with Crippen molar-refractivity contribution in [3.63, 3.8) is 0 Å². The molecule has 2 aliphatic rings. The number of nitrogens with zero attached hydrogens (tertiary/aromatic N) is 1. The van der Waals surface area contributed by atoms with Crippen molar-refractivity contribution in [2.45, 2.75) is 31.7 Å². The molecule has 5 N–H and O–H groups in total. The minimum absolute atomic E-state index is 0.233. The molecule has 0 bridgehead atoms. The van der Waals surface area contributed by atoms with E-state index in [1.165, 1.54) is 10.5 Å². The molecule has 0 atom stereocenters. The van der Waals surface area contributed by atoms with Crippen LogP contribution in [-0.4, -0.2) is 18.1 Å². The Labute approximate surface area is 146 Å². The number of nitrogens with two attached hydrogens (primary N) is 1. The van der Waals surface area contributed by atoms with Gasteiger partial charge in [-0.25, -0.2) is 9.97 Å². The average Bonchev–Trinajstić information content (AvgIpc) is 2.99. The molecule has 128 valence electrons. The zero-order chi connectivity index (χ0) is 17.4. The van der Waals surface area contributed by atoms with Gasteiger partial charge in [0.15, 0.2) is 5.69 Å². The number of nitrogens with one attached hydrogen (secondary N) is 3. The van der Waals surface area contributed by atoms with Gasteiger partial charge in [0.1, 0.15) is 18.2 Å². The quantitative estimate of drug-likeness (QED) is 0.738. The van der Waals surface area contributed by atoms with Crippen molar-refractivity contribution in [3.05, 3.63) is 58.9 Å². The minimum atomic E-state index is -0.364. The summed E-state index contributed by atoms with van der Waals surface area (Å²) in [6, 6.07) is 12.9. The van der Waals surface area contributed by atoms with Gasteiger partial charge in [0, 0.05) is 25.3 Å². The molecule has 0 saturated carbocycles. The number of aryl methyl sites for hydroxylation is 1. The molecule has 6 heteroatoms. The van der Waals surface area contributed by atoms with E-state index in [1.807, 2.05) is 13.0 Å². The van der Waals surface area contributed by atoms with Gasteiger partial charge >= 0.3 is 5.88 Å². The number of fused-ring (bicyclic) bond motifs is 2. The molecule has 25 heavy (non-hydrogen) atoms. The molecule has 6 nitrogen and oxygen atoms in total. The van der Waals surface area contributed by atoms with E-state index >= 15 is 0 Å². The lowest BCUT2D eigenvalue weighted by atomic mass is 9.69. The SMILES string of the molecule is Cc1[nH]c2c([nH+]1)OC(N)=C(C#N)C21CC[NH+](Cc2ccccc2)CC1. The lowest BCUT2D eigenvalue weighted by Gasteiger charge is -2.39. The summed E-state index contributed by atoms with van der Waals surface area (Å²) in [6.45, 7) is 4.94. The van der Waals surface area contributed by atoms with E-state index in [9.17, 15) is 5.26 Å². The Bertz CT molecular complexity index is 854. The van der Waals surface area contributed by atoms with Crippen LogP contribution in [-0.2, 0) is 12.0 Å². The van der Waals surface area contributed by atoms with Crippen LogP contribution in [0.15, 0.2) is 41.8 Å². The van der Waals surface area contributed by atoms with Gasteiger partial charge in [-0.1, -0.05) is 30.3 Å². The molecule has 0 amide bonds. The number of allylic oxidation sites excluding steroid dienone is 1. The molecule has 0 unspecified atom stereocenters. The van der Waals surface area contributed by atoms with Gasteiger partial charge in [0.05, 0.1) is 18.5 Å². The van der Waals surface area contributed by atoms with Crippen molar-refractivity contribution in [1.29, 1.82) is 5.26 Å². The number of rotatable bonds is 2. The molecule has 2 aromatic rings. The van der Waals surface area contributed by atoms with Crippen molar-refractivity contribution in [3.8, 4) is 11.9 Å². The van der Waals surface area contributed by atoms with Crippen LogP contribution in [0.1, 0.15) is 29.9 Å². The Morgan fingerprint density at radius 1 is 1.32 bits per heavy atom. The number of H-pyrrole nitrogens is 2. The third-order valence-electron chi connectivity index (χ3n) is 5.48. The lowest BCUT2D eigenvalue weighted by molar-refractivity contribution is -0.920. The first kappa shape index (κ1) is 15.7. The molecule has 1 spiro atoms. The van der Waals surface area contributed by atoms with Crippen molar-refractivity contribution >= 4 is 0 Å². The summed E-state index contributed by atoms with van der Waals surface area (Å²) in [5, 5.41) is 9.71. The number of hydrogen-bond donors (Lipinski definition) is 3. The van der Waals surface area contributed by atoms with Crippen LogP contribution >= 0.6 is 0 Å². The summed E-state index contributed by atoms with van der Waals surface area (Å²) < 4.78 is 5.65. The molecule has 1 saturated heterocycles. The van der Waals surface area contributed by atoms with Crippen LogP contribution in [0.3, 0.4) is 0 Å². The van der Waals surface area contributed by atoms with Gasteiger partial charge in [-0.3, -0.25) is 0 Å². The predicted molar refractivity (Wildman–Crippen MR) is 91.3 cm³/mol. The molecule has 0 aliphatic carbocycles. The summed E-state index contributed by atoms with van der Waals surface area (Å²) >= 11 is 0. The van der Waals surface area contributed by atoms with Gasteiger partial charge in [0.2, 0.25) is 5.88 Å². The highest BCUT2D eigenvalue weighted by atomic mass is 16.5. The number of likely N-dealkylation sites (tertiary alicyclic amines) is 1. The standard InChI is InChI=1S/C19H21N5O/c1-13-22-16-18(23-13)25-17(21)15(11-20)19(16)7-9-24(10-8-19)12-14-5-3-2-4-6-14/h2-6H,7-10,12,21H2,1H3,(H,22,23)/p+2. The van der Waals surface area contributed by atoms with E-state index in [4.69, 9.17) is 10.5 Å². The topological polar surface area (TPSA) is 93.4 Å². The largest absolute Gasteiger partial charge is 0.403 e. The number of hydrogen-bond acceptors (Lipinski definition) is 3. The Hall–Kier alpha value is -2.78. The van der Waals surface area contributed by atoms with Crippen LogP contribution < -0.4 is 20.4 Å². The maximum atomic E-state index is 9.71. The van der Waals surface area contributed by atoms with Crippen LogP contribution in [0.25, 0.3) is 0 Å². The predicted octanol–water partition coefficient (Wildman–Crippen LogP) is 0.340. The molecule has 3 heterocycles. The fourth-order valence-electron chi connectivity index (χ4n) is 4.20. The number of aromatic nitrogens is 2. The molecule has 4 rings (SSSR count). The van der Waals surface area contributed by atoms with Gasteiger partial charge in [-0.15, -0.1) is 0 Å². The highest BCUT2D eigenvalue weighted by Crippen LogP contribution is 2.45. The first-order valence-electron chi connectivity index (χ1n) is 8.70. The second-order valence-corrected chi connectivity index (χ2v) is 7.03. The summed E-state index contributed by atoms with van der Waals surface area (Å²) in [4.78, 5) is 8.10. The molecule has 2 aliphatic heterocycles. The number of aromatic amines is 2.